The number of ketones is 1. The quantitative estimate of drug-likeness (QED) is 0.747. The first-order chi connectivity index (χ1) is 13.9. The van der Waals surface area contributed by atoms with Gasteiger partial charge >= 0.3 is 0 Å². The predicted molar refractivity (Wildman–Crippen MR) is 107 cm³/mol. The minimum Gasteiger partial charge on any atom is -0.482 e. The molecule has 2 aliphatic carbocycles. The summed E-state index contributed by atoms with van der Waals surface area (Å²) >= 11 is 13.1. The van der Waals surface area contributed by atoms with Crippen molar-refractivity contribution in [2.24, 2.45) is 5.41 Å². The molecule has 1 aromatic heterocycles. The molecule has 0 radical (unpaired) electrons. The number of aromatic nitrogens is 4. The number of fused-ring (bicyclic) bond motifs is 3. The molecule has 4 rings (SSSR count). The van der Waals surface area contributed by atoms with Gasteiger partial charge in [0.2, 0.25) is 0 Å². The number of halogens is 2. The van der Waals surface area contributed by atoms with Crippen molar-refractivity contribution in [1.29, 1.82) is 0 Å². The Balaban J connectivity index is 1.60. The summed E-state index contributed by atoms with van der Waals surface area (Å²) in [5, 5.41) is 11.3. The van der Waals surface area contributed by atoms with Gasteiger partial charge in [0.05, 0.1) is 5.02 Å². The Kier molecular flexibility index (Phi) is 5.31. The second-order valence-electron chi connectivity index (χ2n) is 7.32. The van der Waals surface area contributed by atoms with Crippen LogP contribution in [0.1, 0.15) is 43.7 Å². The molecule has 1 atom stereocenters. The maximum Gasteiger partial charge on any atom is 0.279 e. The second kappa shape index (κ2) is 7.76. The molecule has 0 saturated heterocycles. The van der Waals surface area contributed by atoms with Gasteiger partial charge in [0.15, 0.2) is 18.7 Å². The molecule has 0 fully saturated rings. The van der Waals surface area contributed by atoms with Crippen molar-refractivity contribution in [3.8, 4) is 5.75 Å². The van der Waals surface area contributed by atoms with Gasteiger partial charge in [-0.3, -0.25) is 9.59 Å². The number of benzene rings is 1. The van der Waals surface area contributed by atoms with Crippen LogP contribution in [0.2, 0.25) is 10.0 Å². The Morgan fingerprint density at radius 2 is 2.21 bits per heavy atom. The van der Waals surface area contributed by atoms with Crippen molar-refractivity contribution in [2.75, 3.05) is 12.0 Å². The summed E-state index contributed by atoms with van der Waals surface area (Å²) in [5.74, 6) is -0.0278. The number of hydrogen-bond donors (Lipinski definition) is 1. The van der Waals surface area contributed by atoms with Gasteiger partial charge in [-0.2, -0.15) is 0 Å². The molecule has 8 nitrogen and oxygen atoms in total. The van der Waals surface area contributed by atoms with Crippen LogP contribution < -0.4 is 10.2 Å². The molecule has 1 N–H and O–H groups in total. The first kappa shape index (κ1) is 19.8. The monoisotopic (exact) mass is 435 g/mol. The summed E-state index contributed by atoms with van der Waals surface area (Å²) < 4.78 is 5.62. The molecule has 0 bridgehead atoms. The first-order valence-corrected chi connectivity index (χ1v) is 10.1. The van der Waals surface area contributed by atoms with Crippen molar-refractivity contribution in [1.82, 2.24) is 20.3 Å². The van der Waals surface area contributed by atoms with E-state index in [2.05, 4.69) is 27.8 Å². The van der Waals surface area contributed by atoms with Crippen LogP contribution in [-0.2, 0) is 16.0 Å². The fourth-order valence-corrected chi connectivity index (χ4v) is 4.81. The largest absolute Gasteiger partial charge is 0.482 e. The molecular weight excluding hydrogens is 417 g/mol. The zero-order valence-corrected chi connectivity index (χ0v) is 17.3. The summed E-state index contributed by atoms with van der Waals surface area (Å²) in [7, 11) is 0. The van der Waals surface area contributed by atoms with E-state index in [0.717, 1.165) is 47.3 Å². The number of carbonyl (C=O) groups is 2. The number of rotatable bonds is 6. The van der Waals surface area contributed by atoms with Gasteiger partial charge in [-0.15, -0.1) is 10.2 Å². The van der Waals surface area contributed by atoms with E-state index < -0.39 is 5.91 Å². The Labute approximate surface area is 177 Å². The third kappa shape index (κ3) is 3.62. The van der Waals surface area contributed by atoms with E-state index in [9.17, 15) is 9.59 Å². The lowest BCUT2D eigenvalue weighted by Gasteiger charge is -2.33. The summed E-state index contributed by atoms with van der Waals surface area (Å²) in [6, 6.07) is 1.82. The van der Waals surface area contributed by atoms with Gasteiger partial charge in [0, 0.05) is 17.4 Å². The average molecular weight is 436 g/mol. The van der Waals surface area contributed by atoms with E-state index in [1.165, 1.54) is 6.33 Å². The molecule has 1 aromatic carbocycles. The number of allylic oxidation sites excluding steroid dienone is 2. The lowest BCUT2D eigenvalue weighted by molar-refractivity contribution is -0.119. The SMILES string of the molecule is CCC[C@]12CCC(=O)C=C1c1c(cc(OCC(=O)Nn3ncnn3)c(Cl)c1Cl)C2. The summed E-state index contributed by atoms with van der Waals surface area (Å²) in [6.07, 6.45) is 7.02. The fourth-order valence-electron chi connectivity index (χ4n) is 4.29. The molecular formula is C19H19Cl2N5O3. The van der Waals surface area contributed by atoms with Gasteiger partial charge in [-0.05, 0) is 47.8 Å². The number of nitrogens with one attached hydrogen (secondary N) is 1. The minimum atomic E-state index is -0.472. The van der Waals surface area contributed by atoms with Crippen molar-refractivity contribution < 1.29 is 14.3 Å². The van der Waals surface area contributed by atoms with E-state index in [4.69, 9.17) is 27.9 Å². The standard InChI is InChI=1S/C19H19Cl2N5O3/c1-2-4-19-5-3-12(27)7-13(19)16-11(8-19)6-14(17(20)18(16)21)29-9-15(28)24-26-23-10-22-25-26/h6-7,10H,2-5,8-9H2,1H3,(H,24,28)/t19-/m1/s1. The van der Waals surface area contributed by atoms with Crippen LogP contribution in [0.3, 0.4) is 0 Å². The molecule has 152 valence electrons. The van der Waals surface area contributed by atoms with Gasteiger partial charge in [-0.25, -0.2) is 5.43 Å². The third-order valence-electron chi connectivity index (χ3n) is 5.44. The number of tetrazole rings is 1. The maximum atomic E-state index is 12.1. The zero-order valence-electron chi connectivity index (χ0n) is 15.7. The van der Waals surface area contributed by atoms with Gasteiger partial charge < -0.3 is 4.74 Å². The van der Waals surface area contributed by atoms with Crippen LogP contribution in [0, 0.1) is 5.41 Å². The summed E-state index contributed by atoms with van der Waals surface area (Å²) in [6.45, 7) is 1.84. The molecule has 29 heavy (non-hydrogen) atoms. The van der Waals surface area contributed by atoms with Crippen molar-refractivity contribution in [3.63, 3.8) is 0 Å². The Morgan fingerprint density at radius 3 is 2.93 bits per heavy atom. The Morgan fingerprint density at radius 1 is 1.38 bits per heavy atom. The van der Waals surface area contributed by atoms with Crippen LogP contribution in [0.5, 0.6) is 5.75 Å². The molecule has 0 aliphatic heterocycles. The van der Waals surface area contributed by atoms with E-state index in [1.807, 2.05) is 6.07 Å². The molecule has 1 amide bonds. The maximum absolute atomic E-state index is 12.1. The molecule has 0 saturated carbocycles. The molecule has 2 aliphatic rings. The van der Waals surface area contributed by atoms with Gasteiger partial charge in [0.1, 0.15) is 10.8 Å². The number of hydrogen-bond acceptors (Lipinski definition) is 6. The highest BCUT2D eigenvalue weighted by atomic mass is 35.5. The topological polar surface area (TPSA) is 99.0 Å². The average Bonchev–Trinajstić information content (AvgIpc) is 3.29. The van der Waals surface area contributed by atoms with E-state index in [0.29, 0.717) is 17.2 Å². The smallest absolute Gasteiger partial charge is 0.279 e. The molecule has 1 heterocycles. The van der Waals surface area contributed by atoms with Gasteiger partial charge in [0.25, 0.3) is 5.91 Å². The number of ether oxygens (including phenoxy) is 1. The van der Waals surface area contributed by atoms with Crippen LogP contribution >= 0.6 is 23.2 Å². The third-order valence-corrected chi connectivity index (χ3v) is 6.29. The van der Waals surface area contributed by atoms with Crippen LogP contribution in [0.4, 0.5) is 0 Å². The number of amides is 1. The Hall–Kier alpha value is -2.45. The fraction of sp³-hybridized carbons (Fsp3) is 0.421. The Bertz CT molecular complexity index is 1010. The van der Waals surface area contributed by atoms with E-state index in [-0.39, 0.29) is 22.8 Å². The normalized spacial score (nSPS) is 20.1. The number of carbonyl (C=O) groups excluding carboxylic acids is 2. The van der Waals surface area contributed by atoms with Crippen molar-refractivity contribution in [3.05, 3.63) is 39.6 Å². The lowest BCUT2D eigenvalue weighted by atomic mass is 9.70. The van der Waals surface area contributed by atoms with E-state index in [1.54, 1.807) is 6.08 Å². The zero-order chi connectivity index (χ0) is 20.6. The van der Waals surface area contributed by atoms with Crippen LogP contribution in [0.25, 0.3) is 5.57 Å². The second-order valence-corrected chi connectivity index (χ2v) is 8.07. The van der Waals surface area contributed by atoms with Crippen LogP contribution in [-0.4, -0.2) is 38.6 Å². The van der Waals surface area contributed by atoms with Gasteiger partial charge in [-0.1, -0.05) is 41.5 Å². The summed E-state index contributed by atoms with van der Waals surface area (Å²) in [4.78, 5) is 25.0. The summed E-state index contributed by atoms with van der Waals surface area (Å²) in [5.41, 5.74) is 5.11. The highest BCUT2D eigenvalue weighted by Gasteiger charge is 2.45. The lowest BCUT2D eigenvalue weighted by Crippen LogP contribution is -2.29. The minimum absolute atomic E-state index is 0.0906. The van der Waals surface area contributed by atoms with Crippen LogP contribution in [0.15, 0.2) is 18.5 Å². The molecule has 0 spiro atoms. The number of nitrogens with zero attached hydrogens (tertiary/aromatic N) is 4. The highest BCUT2D eigenvalue weighted by molar-refractivity contribution is 6.44. The van der Waals surface area contributed by atoms with E-state index >= 15 is 0 Å². The molecule has 10 heteroatoms. The van der Waals surface area contributed by atoms with Crippen molar-refractivity contribution >= 4 is 40.5 Å². The highest BCUT2D eigenvalue weighted by Crippen LogP contribution is 2.58. The molecule has 2 aromatic rings. The molecule has 0 unspecified atom stereocenters. The first-order valence-electron chi connectivity index (χ1n) is 9.35. The predicted octanol–water partition coefficient (Wildman–Crippen LogP) is 3.22. The van der Waals surface area contributed by atoms with Crippen molar-refractivity contribution in [2.45, 2.75) is 39.0 Å².